The number of carboxylic acid groups (broad SMARTS) is 1. The predicted molar refractivity (Wildman–Crippen MR) is 142 cm³/mol. The Morgan fingerprint density at radius 2 is 1.62 bits per heavy atom. The molecular formula is C30H28BrNO5. The van der Waals surface area contributed by atoms with Crippen LogP contribution in [0.1, 0.15) is 41.9 Å². The van der Waals surface area contributed by atoms with Crippen molar-refractivity contribution in [2.45, 2.75) is 36.8 Å². The van der Waals surface area contributed by atoms with Gasteiger partial charge in [-0.3, -0.25) is 0 Å². The zero-order valence-corrected chi connectivity index (χ0v) is 21.9. The van der Waals surface area contributed by atoms with Crippen molar-refractivity contribution in [3.63, 3.8) is 0 Å². The van der Waals surface area contributed by atoms with E-state index in [0.29, 0.717) is 13.0 Å². The van der Waals surface area contributed by atoms with E-state index in [0.717, 1.165) is 22.9 Å². The Balaban J connectivity index is 1.20. The Kier molecular flexibility index (Phi) is 6.29. The minimum atomic E-state index is -0.995. The quantitative estimate of drug-likeness (QED) is 0.389. The van der Waals surface area contributed by atoms with Gasteiger partial charge in [-0.1, -0.05) is 76.6 Å². The highest BCUT2D eigenvalue weighted by atomic mass is 79.9. The summed E-state index contributed by atoms with van der Waals surface area (Å²) in [5.74, 6) is -0.989. The lowest BCUT2D eigenvalue weighted by atomic mass is 9.72. The molecule has 2 fully saturated rings. The zero-order valence-electron chi connectivity index (χ0n) is 20.3. The molecule has 1 saturated carbocycles. The average Bonchev–Trinajstić information content (AvgIpc) is 3.44. The number of likely N-dealkylation sites (tertiary alicyclic amines) is 1. The van der Waals surface area contributed by atoms with Gasteiger partial charge in [-0.05, 0) is 59.2 Å². The summed E-state index contributed by atoms with van der Waals surface area (Å²) in [6.07, 6.45) is 1.85. The van der Waals surface area contributed by atoms with Crippen LogP contribution < -0.4 is 0 Å². The number of fused-ring (bicyclic) bond motifs is 5. The van der Waals surface area contributed by atoms with E-state index in [4.69, 9.17) is 9.47 Å². The number of hydrogen-bond acceptors (Lipinski definition) is 4. The summed E-state index contributed by atoms with van der Waals surface area (Å²) in [6.45, 7) is 0.396. The number of carbonyl (C=O) groups is 2. The second-order valence-corrected chi connectivity index (χ2v) is 11.1. The van der Waals surface area contributed by atoms with Gasteiger partial charge in [0.15, 0.2) is 0 Å². The maximum atomic E-state index is 13.4. The maximum absolute atomic E-state index is 13.4. The first-order valence-electron chi connectivity index (χ1n) is 12.7. The monoisotopic (exact) mass is 561 g/mol. The van der Waals surface area contributed by atoms with Crippen LogP contribution in [0.25, 0.3) is 11.1 Å². The van der Waals surface area contributed by atoms with E-state index in [-0.39, 0.29) is 37.2 Å². The first kappa shape index (κ1) is 24.2. The van der Waals surface area contributed by atoms with Crippen LogP contribution in [0.3, 0.4) is 0 Å². The van der Waals surface area contributed by atoms with Gasteiger partial charge < -0.3 is 19.5 Å². The van der Waals surface area contributed by atoms with Crippen molar-refractivity contribution in [2.24, 2.45) is 5.92 Å². The van der Waals surface area contributed by atoms with Crippen LogP contribution in [0.2, 0.25) is 0 Å². The van der Waals surface area contributed by atoms with Gasteiger partial charge in [0.1, 0.15) is 13.2 Å². The fourth-order valence-electron chi connectivity index (χ4n) is 6.59. The Morgan fingerprint density at radius 3 is 2.27 bits per heavy atom. The first-order chi connectivity index (χ1) is 18.0. The average molecular weight is 562 g/mol. The molecule has 6 rings (SSSR count). The molecule has 3 aliphatic rings. The molecule has 37 heavy (non-hydrogen) atoms. The lowest BCUT2D eigenvalue weighted by Crippen LogP contribution is -2.42. The number of carboxylic acids is 1. The SMILES string of the molecule is O=C(O)COC1(c2ccc(Br)cc2)CCC2CC1CN2C(=O)OCC1c2ccccc2-c2ccccc21. The zero-order chi connectivity index (χ0) is 25.6. The van der Waals surface area contributed by atoms with Crippen LogP contribution in [-0.2, 0) is 19.9 Å². The molecule has 3 aromatic rings. The highest BCUT2D eigenvalue weighted by molar-refractivity contribution is 9.10. The lowest BCUT2D eigenvalue weighted by Gasteiger charge is -2.41. The molecule has 0 radical (unpaired) electrons. The van der Waals surface area contributed by atoms with E-state index in [1.807, 2.05) is 53.4 Å². The highest BCUT2D eigenvalue weighted by Gasteiger charge is 2.53. The van der Waals surface area contributed by atoms with Crippen molar-refractivity contribution in [3.8, 4) is 11.1 Å². The normalized spacial score (nSPS) is 24.0. The highest BCUT2D eigenvalue weighted by Crippen LogP contribution is 2.51. The number of benzene rings is 3. The van der Waals surface area contributed by atoms with Crippen molar-refractivity contribution in [1.29, 1.82) is 0 Å². The molecule has 0 spiro atoms. The van der Waals surface area contributed by atoms with Gasteiger partial charge >= 0.3 is 12.1 Å². The molecule has 190 valence electrons. The lowest BCUT2D eigenvalue weighted by molar-refractivity contribution is -0.158. The molecule has 1 heterocycles. The Labute approximate surface area is 224 Å². The number of halogens is 1. The van der Waals surface area contributed by atoms with Gasteiger partial charge in [-0.25, -0.2) is 9.59 Å². The van der Waals surface area contributed by atoms with E-state index in [1.54, 1.807) is 0 Å². The molecule has 1 saturated heterocycles. The van der Waals surface area contributed by atoms with Crippen molar-refractivity contribution in [2.75, 3.05) is 19.8 Å². The Morgan fingerprint density at radius 1 is 0.973 bits per heavy atom. The second-order valence-electron chi connectivity index (χ2n) is 10.2. The molecule has 1 amide bonds. The molecule has 3 atom stereocenters. The molecule has 1 aliphatic heterocycles. The molecule has 7 heteroatoms. The van der Waals surface area contributed by atoms with Crippen LogP contribution in [0.15, 0.2) is 77.3 Å². The number of nitrogens with zero attached hydrogens (tertiary/aromatic N) is 1. The van der Waals surface area contributed by atoms with E-state index >= 15 is 0 Å². The summed E-state index contributed by atoms with van der Waals surface area (Å²) in [7, 11) is 0. The summed E-state index contributed by atoms with van der Waals surface area (Å²) < 4.78 is 13.1. The van der Waals surface area contributed by atoms with Crippen LogP contribution >= 0.6 is 15.9 Å². The molecular weight excluding hydrogens is 534 g/mol. The summed E-state index contributed by atoms with van der Waals surface area (Å²) in [6, 6.07) is 24.6. The molecule has 6 nitrogen and oxygen atoms in total. The van der Waals surface area contributed by atoms with Crippen LogP contribution in [0.5, 0.6) is 0 Å². The van der Waals surface area contributed by atoms with Gasteiger partial charge in [0, 0.05) is 28.9 Å². The Hall–Kier alpha value is -3.16. The van der Waals surface area contributed by atoms with Gasteiger partial charge in [0.05, 0.1) is 5.60 Å². The van der Waals surface area contributed by atoms with Crippen molar-refractivity contribution in [3.05, 3.63) is 94.0 Å². The van der Waals surface area contributed by atoms with E-state index in [2.05, 4.69) is 40.2 Å². The maximum Gasteiger partial charge on any atom is 0.410 e. The van der Waals surface area contributed by atoms with Gasteiger partial charge in [0.2, 0.25) is 0 Å². The van der Waals surface area contributed by atoms with Gasteiger partial charge in [-0.2, -0.15) is 0 Å². The smallest absolute Gasteiger partial charge is 0.410 e. The summed E-state index contributed by atoms with van der Waals surface area (Å²) in [5.41, 5.74) is 4.99. The van der Waals surface area contributed by atoms with Crippen LogP contribution in [0.4, 0.5) is 4.79 Å². The summed E-state index contributed by atoms with van der Waals surface area (Å²) in [4.78, 5) is 26.6. The fourth-order valence-corrected chi connectivity index (χ4v) is 6.85. The van der Waals surface area contributed by atoms with Crippen molar-refractivity contribution < 1.29 is 24.2 Å². The van der Waals surface area contributed by atoms with Crippen LogP contribution in [-0.4, -0.2) is 47.9 Å². The number of rotatable bonds is 6. The van der Waals surface area contributed by atoms with E-state index in [9.17, 15) is 14.7 Å². The summed E-state index contributed by atoms with van der Waals surface area (Å²) >= 11 is 3.48. The number of amides is 1. The van der Waals surface area contributed by atoms with Gasteiger partial charge in [-0.15, -0.1) is 0 Å². The first-order valence-corrected chi connectivity index (χ1v) is 13.5. The third kappa shape index (κ3) is 4.24. The second kappa shape index (κ2) is 9.62. The van der Waals surface area contributed by atoms with E-state index < -0.39 is 11.6 Å². The topological polar surface area (TPSA) is 76.1 Å². The molecule has 0 aromatic heterocycles. The summed E-state index contributed by atoms with van der Waals surface area (Å²) in [5, 5.41) is 9.36. The molecule has 2 bridgehead atoms. The van der Waals surface area contributed by atoms with Crippen molar-refractivity contribution in [1.82, 2.24) is 4.90 Å². The van der Waals surface area contributed by atoms with Crippen molar-refractivity contribution >= 4 is 28.0 Å². The van der Waals surface area contributed by atoms with Gasteiger partial charge in [0.25, 0.3) is 0 Å². The standard InChI is InChI=1S/C30H28BrNO5/c31-21-11-9-19(10-12-21)30(37-18-28(33)34)14-13-22-15-20(30)16-32(22)29(35)36-17-27-25-7-3-1-5-23(25)24-6-2-4-8-26(24)27/h1-12,20,22,27H,13-18H2,(H,33,34). The minimum Gasteiger partial charge on any atom is -0.480 e. The minimum absolute atomic E-state index is 0.00717. The molecule has 3 unspecified atom stereocenters. The number of aliphatic carboxylic acids is 1. The third-order valence-electron chi connectivity index (χ3n) is 8.28. The molecule has 1 N–H and O–H groups in total. The fraction of sp³-hybridized carbons (Fsp3) is 0.333. The number of ether oxygens (including phenoxy) is 2. The molecule has 3 aromatic carbocycles. The Bertz CT molecular complexity index is 1300. The van der Waals surface area contributed by atoms with Crippen LogP contribution in [0, 0.1) is 5.92 Å². The predicted octanol–water partition coefficient (Wildman–Crippen LogP) is 6.18. The van der Waals surface area contributed by atoms with E-state index in [1.165, 1.54) is 22.3 Å². The number of carbonyl (C=O) groups excluding carboxylic acids is 1. The third-order valence-corrected chi connectivity index (χ3v) is 8.81. The largest absolute Gasteiger partial charge is 0.480 e. The number of hydrogen-bond donors (Lipinski definition) is 1. The molecule has 2 aliphatic carbocycles.